The van der Waals surface area contributed by atoms with Gasteiger partial charge in [0.2, 0.25) is 0 Å². The van der Waals surface area contributed by atoms with Crippen molar-refractivity contribution in [2.75, 3.05) is 30.8 Å². The summed E-state index contributed by atoms with van der Waals surface area (Å²) in [6.45, 7) is 2.71. The van der Waals surface area contributed by atoms with Gasteiger partial charge in [0, 0.05) is 25.0 Å². The zero-order chi connectivity index (χ0) is 13.2. The van der Waals surface area contributed by atoms with Crippen molar-refractivity contribution >= 4 is 15.5 Å². The van der Waals surface area contributed by atoms with Gasteiger partial charge in [0.25, 0.3) is 0 Å². The molecule has 1 fully saturated rings. The van der Waals surface area contributed by atoms with Crippen LogP contribution in [0.15, 0.2) is 29.2 Å². The second-order valence-corrected chi connectivity index (χ2v) is 6.97. The maximum Gasteiger partial charge on any atom is 0.175 e. The Balaban J connectivity index is 2.14. The van der Waals surface area contributed by atoms with E-state index < -0.39 is 9.84 Å². The molecule has 0 radical (unpaired) electrons. The lowest BCUT2D eigenvalue weighted by Gasteiger charge is -2.34. The molecule has 0 aromatic heterocycles. The van der Waals surface area contributed by atoms with Crippen molar-refractivity contribution in [1.82, 2.24) is 0 Å². The Hall–Kier alpha value is -1.07. The molecule has 1 atom stereocenters. The van der Waals surface area contributed by atoms with E-state index in [0.717, 1.165) is 31.7 Å². The molecule has 0 saturated carbocycles. The summed E-state index contributed by atoms with van der Waals surface area (Å²) in [5.74, 6) is 0.549. The predicted molar refractivity (Wildman–Crippen MR) is 73.5 cm³/mol. The molecule has 100 valence electrons. The molecule has 1 aliphatic heterocycles. The van der Waals surface area contributed by atoms with Gasteiger partial charge in [-0.3, -0.25) is 0 Å². The first kappa shape index (κ1) is 13.4. The largest absolute Gasteiger partial charge is 0.371 e. The number of nitrogens with two attached hydrogens (primary N) is 1. The molecule has 0 amide bonds. The van der Waals surface area contributed by atoms with Crippen molar-refractivity contribution in [3.8, 4) is 0 Å². The molecule has 2 N–H and O–H groups in total. The minimum absolute atomic E-state index is 0.374. The van der Waals surface area contributed by atoms with Crippen LogP contribution in [0.5, 0.6) is 0 Å². The van der Waals surface area contributed by atoms with Crippen LogP contribution in [0.4, 0.5) is 5.69 Å². The topological polar surface area (TPSA) is 63.4 Å². The number of rotatable bonds is 3. The summed E-state index contributed by atoms with van der Waals surface area (Å²) in [4.78, 5) is 2.66. The first-order chi connectivity index (χ1) is 8.50. The lowest BCUT2D eigenvalue weighted by atomic mass is 9.98. The average molecular weight is 268 g/mol. The summed E-state index contributed by atoms with van der Waals surface area (Å²) in [6.07, 6.45) is 3.57. The maximum absolute atomic E-state index is 11.4. The zero-order valence-electron chi connectivity index (χ0n) is 10.7. The molecule has 5 heteroatoms. The Labute approximate surface area is 109 Å². The standard InChI is InChI=1S/C13H20N2O2S/c1-18(16,17)13-6-4-12(5-7-13)15-8-2-3-11(9-14)10-15/h4-7,11H,2-3,8-10,14H2,1H3. The lowest BCUT2D eigenvalue weighted by molar-refractivity contribution is 0.423. The second kappa shape index (κ2) is 5.28. The Kier molecular flexibility index (Phi) is 3.92. The SMILES string of the molecule is CS(=O)(=O)c1ccc(N2CCCC(CN)C2)cc1. The van der Waals surface area contributed by atoms with Gasteiger partial charge in [0.1, 0.15) is 0 Å². The van der Waals surface area contributed by atoms with E-state index >= 15 is 0 Å². The van der Waals surface area contributed by atoms with E-state index in [-0.39, 0.29) is 0 Å². The van der Waals surface area contributed by atoms with Crippen LogP contribution in [0.25, 0.3) is 0 Å². The first-order valence-corrected chi connectivity index (χ1v) is 8.15. The first-order valence-electron chi connectivity index (χ1n) is 6.26. The molecule has 0 spiro atoms. The average Bonchev–Trinajstić information content (AvgIpc) is 2.38. The summed E-state index contributed by atoms with van der Waals surface area (Å²) in [5, 5.41) is 0. The van der Waals surface area contributed by atoms with Crippen molar-refractivity contribution in [1.29, 1.82) is 0 Å². The third kappa shape index (κ3) is 3.03. The number of anilines is 1. The van der Waals surface area contributed by atoms with Gasteiger partial charge in [-0.15, -0.1) is 0 Å². The molecular weight excluding hydrogens is 248 g/mol. The summed E-state index contributed by atoms with van der Waals surface area (Å²) < 4.78 is 22.8. The van der Waals surface area contributed by atoms with E-state index in [1.54, 1.807) is 12.1 Å². The smallest absolute Gasteiger partial charge is 0.175 e. The van der Waals surface area contributed by atoms with E-state index in [9.17, 15) is 8.42 Å². The summed E-state index contributed by atoms with van der Waals surface area (Å²) in [6, 6.07) is 7.12. The van der Waals surface area contributed by atoms with Crippen LogP contribution in [0, 0.1) is 5.92 Å². The lowest BCUT2D eigenvalue weighted by Crippen LogP contribution is -2.38. The highest BCUT2D eigenvalue weighted by atomic mass is 32.2. The molecular formula is C13H20N2O2S. The number of nitrogens with zero attached hydrogens (tertiary/aromatic N) is 1. The van der Waals surface area contributed by atoms with Crippen molar-refractivity contribution in [2.45, 2.75) is 17.7 Å². The minimum Gasteiger partial charge on any atom is -0.371 e. The number of hydrogen-bond donors (Lipinski definition) is 1. The molecule has 18 heavy (non-hydrogen) atoms. The Bertz CT molecular complexity index is 496. The molecule has 1 saturated heterocycles. The molecule has 1 aromatic rings. The van der Waals surface area contributed by atoms with E-state index in [2.05, 4.69) is 4.90 Å². The fourth-order valence-electron chi connectivity index (χ4n) is 2.40. The molecule has 2 rings (SSSR count). The van der Waals surface area contributed by atoms with Crippen LogP contribution in [0.3, 0.4) is 0 Å². The van der Waals surface area contributed by atoms with Gasteiger partial charge in [0.15, 0.2) is 9.84 Å². The van der Waals surface area contributed by atoms with E-state index in [1.807, 2.05) is 12.1 Å². The monoisotopic (exact) mass is 268 g/mol. The Morgan fingerprint density at radius 3 is 2.56 bits per heavy atom. The van der Waals surface area contributed by atoms with Crippen LogP contribution in [0.2, 0.25) is 0 Å². The quantitative estimate of drug-likeness (QED) is 0.896. The van der Waals surface area contributed by atoms with Gasteiger partial charge < -0.3 is 10.6 Å². The second-order valence-electron chi connectivity index (χ2n) is 4.96. The van der Waals surface area contributed by atoms with Crippen LogP contribution in [-0.2, 0) is 9.84 Å². The van der Waals surface area contributed by atoms with Gasteiger partial charge >= 0.3 is 0 Å². The van der Waals surface area contributed by atoms with E-state index in [4.69, 9.17) is 5.73 Å². The van der Waals surface area contributed by atoms with Crippen molar-refractivity contribution in [3.05, 3.63) is 24.3 Å². The highest BCUT2D eigenvalue weighted by Gasteiger charge is 2.19. The van der Waals surface area contributed by atoms with Gasteiger partial charge in [-0.2, -0.15) is 0 Å². The fraction of sp³-hybridized carbons (Fsp3) is 0.538. The maximum atomic E-state index is 11.4. The van der Waals surface area contributed by atoms with Gasteiger partial charge in [-0.25, -0.2) is 8.42 Å². The van der Waals surface area contributed by atoms with Gasteiger partial charge in [0.05, 0.1) is 4.90 Å². The predicted octanol–water partition coefficient (Wildman–Crippen LogP) is 1.27. The number of piperidine rings is 1. The third-order valence-electron chi connectivity index (χ3n) is 3.48. The van der Waals surface area contributed by atoms with E-state index in [0.29, 0.717) is 10.8 Å². The highest BCUT2D eigenvalue weighted by molar-refractivity contribution is 7.90. The van der Waals surface area contributed by atoms with Crippen molar-refractivity contribution < 1.29 is 8.42 Å². The Morgan fingerprint density at radius 1 is 1.33 bits per heavy atom. The van der Waals surface area contributed by atoms with Crippen LogP contribution in [-0.4, -0.2) is 34.3 Å². The van der Waals surface area contributed by atoms with Crippen LogP contribution in [0.1, 0.15) is 12.8 Å². The minimum atomic E-state index is -3.10. The van der Waals surface area contributed by atoms with Crippen LogP contribution >= 0.6 is 0 Å². The molecule has 1 unspecified atom stereocenters. The number of benzene rings is 1. The fourth-order valence-corrected chi connectivity index (χ4v) is 3.03. The number of sulfone groups is 1. The highest BCUT2D eigenvalue weighted by Crippen LogP contribution is 2.23. The van der Waals surface area contributed by atoms with Crippen molar-refractivity contribution in [3.63, 3.8) is 0 Å². The van der Waals surface area contributed by atoms with Crippen LogP contribution < -0.4 is 10.6 Å². The van der Waals surface area contributed by atoms with Crippen molar-refractivity contribution in [2.24, 2.45) is 11.7 Å². The van der Waals surface area contributed by atoms with Gasteiger partial charge in [-0.05, 0) is 49.6 Å². The number of hydrogen-bond acceptors (Lipinski definition) is 4. The Morgan fingerprint density at radius 2 is 2.00 bits per heavy atom. The summed E-state index contributed by atoms with van der Waals surface area (Å²) in [5.41, 5.74) is 6.80. The third-order valence-corrected chi connectivity index (χ3v) is 4.61. The summed E-state index contributed by atoms with van der Waals surface area (Å²) in [7, 11) is -3.10. The molecule has 1 heterocycles. The summed E-state index contributed by atoms with van der Waals surface area (Å²) >= 11 is 0. The molecule has 0 aliphatic carbocycles. The molecule has 1 aliphatic rings. The van der Waals surface area contributed by atoms with Gasteiger partial charge in [-0.1, -0.05) is 0 Å². The molecule has 0 bridgehead atoms. The zero-order valence-corrected chi connectivity index (χ0v) is 11.5. The normalized spacial score (nSPS) is 21.0. The van der Waals surface area contributed by atoms with E-state index in [1.165, 1.54) is 12.7 Å². The molecule has 1 aromatic carbocycles. The molecule has 4 nitrogen and oxygen atoms in total.